The molecule has 0 atom stereocenters. The van der Waals surface area contributed by atoms with E-state index in [9.17, 15) is 9.59 Å². The van der Waals surface area contributed by atoms with Gasteiger partial charge in [-0.05, 0) is 71.3 Å². The highest BCUT2D eigenvalue weighted by atomic mass is 32.2. The molecule has 0 aliphatic rings. The second kappa shape index (κ2) is 16.6. The van der Waals surface area contributed by atoms with Gasteiger partial charge in [-0.3, -0.25) is 0 Å². The smallest absolute Gasteiger partial charge is 0.337 e. The first-order chi connectivity index (χ1) is 24.4. The molecule has 0 aliphatic heterocycles. The molecule has 11 heteroatoms. The van der Waals surface area contributed by atoms with Crippen LogP contribution in [0.4, 0.5) is 10.8 Å². The van der Waals surface area contributed by atoms with Gasteiger partial charge >= 0.3 is 11.9 Å². The van der Waals surface area contributed by atoms with Gasteiger partial charge in [-0.2, -0.15) is 0 Å². The van der Waals surface area contributed by atoms with Crippen molar-refractivity contribution >= 4 is 45.9 Å². The summed E-state index contributed by atoms with van der Waals surface area (Å²) in [5.74, 6) is 1.21. The fourth-order valence-corrected chi connectivity index (χ4v) is 6.54. The van der Waals surface area contributed by atoms with Crippen LogP contribution in [0.15, 0.2) is 126 Å². The molecule has 0 aliphatic carbocycles. The van der Waals surface area contributed by atoms with E-state index in [2.05, 4.69) is 27.6 Å². The highest BCUT2D eigenvalue weighted by Crippen LogP contribution is 2.35. The number of hydrogen-bond donors (Lipinski definition) is 1. The first-order valence-corrected chi connectivity index (χ1v) is 17.4. The van der Waals surface area contributed by atoms with E-state index in [0.29, 0.717) is 39.4 Å². The van der Waals surface area contributed by atoms with E-state index in [0.717, 1.165) is 38.6 Å². The maximum Gasteiger partial charge on any atom is 0.337 e. The third-order valence-electron chi connectivity index (χ3n) is 7.42. The van der Waals surface area contributed by atoms with E-state index in [1.807, 2.05) is 78.9 Å². The molecule has 5 aromatic carbocycles. The lowest BCUT2D eigenvalue weighted by Gasteiger charge is -2.12. The van der Waals surface area contributed by atoms with Gasteiger partial charge in [0, 0.05) is 28.0 Å². The van der Waals surface area contributed by atoms with Crippen LogP contribution < -0.4 is 14.8 Å². The topological polar surface area (TPSA) is 109 Å². The highest BCUT2D eigenvalue weighted by molar-refractivity contribution is 7.98. The average Bonchev–Trinajstić information content (AvgIpc) is 3.64. The number of ether oxygens (including phenoxy) is 4. The summed E-state index contributed by atoms with van der Waals surface area (Å²) in [5, 5.41) is 13.6. The van der Waals surface area contributed by atoms with E-state index in [4.69, 9.17) is 18.9 Å². The Morgan fingerprint density at radius 3 is 2.08 bits per heavy atom. The molecule has 9 nitrogen and oxygen atoms in total. The summed E-state index contributed by atoms with van der Waals surface area (Å²) in [7, 11) is 2.73. The van der Waals surface area contributed by atoms with Crippen LogP contribution in [-0.4, -0.2) is 36.4 Å². The fourth-order valence-electron chi connectivity index (χ4n) is 4.87. The third kappa shape index (κ3) is 9.28. The van der Waals surface area contributed by atoms with Gasteiger partial charge in [0.05, 0.1) is 25.3 Å². The maximum atomic E-state index is 12.0. The summed E-state index contributed by atoms with van der Waals surface area (Å²) >= 11 is 3.11. The zero-order valence-corrected chi connectivity index (χ0v) is 29.0. The van der Waals surface area contributed by atoms with Crippen molar-refractivity contribution in [2.24, 2.45) is 0 Å². The standard InChI is InChI=1S/C39H33N3O6S2/c1-45-37(43)29-16-14-27(15-17-29)25-49-35-13-7-12-32(21-35)40-39-42-41-36(50-39)31-19-33(47-23-26-8-4-3-5-9-26)22-34(20-31)48-24-28-10-6-11-30(18-28)38(44)46-2/h3-22H,23-25H2,1-2H3,(H,40,42). The molecule has 50 heavy (non-hydrogen) atoms. The number of rotatable bonds is 14. The molecule has 0 fully saturated rings. The molecule has 1 N–H and O–H groups in total. The van der Waals surface area contributed by atoms with Gasteiger partial charge < -0.3 is 24.3 Å². The van der Waals surface area contributed by atoms with Crippen molar-refractivity contribution in [3.63, 3.8) is 0 Å². The van der Waals surface area contributed by atoms with Crippen LogP contribution in [0.5, 0.6) is 11.5 Å². The molecule has 0 amide bonds. The molecule has 6 rings (SSSR count). The summed E-state index contributed by atoms with van der Waals surface area (Å²) in [5.41, 5.74) is 5.63. The van der Waals surface area contributed by atoms with E-state index >= 15 is 0 Å². The van der Waals surface area contributed by atoms with Gasteiger partial charge in [0.1, 0.15) is 29.7 Å². The first kappa shape index (κ1) is 34.2. The monoisotopic (exact) mass is 703 g/mol. The molecule has 0 bridgehead atoms. The molecule has 1 heterocycles. The summed E-state index contributed by atoms with van der Waals surface area (Å²) in [6.07, 6.45) is 0. The number of nitrogens with one attached hydrogen (secondary N) is 1. The van der Waals surface area contributed by atoms with Crippen molar-refractivity contribution in [2.45, 2.75) is 23.9 Å². The Kier molecular flexibility index (Phi) is 11.4. The molecule has 0 saturated carbocycles. The minimum atomic E-state index is -0.402. The Hall–Kier alpha value is -5.65. The van der Waals surface area contributed by atoms with Crippen LogP contribution >= 0.6 is 23.1 Å². The summed E-state index contributed by atoms with van der Waals surface area (Å²) < 4.78 is 22.0. The molecule has 1 aromatic heterocycles. The van der Waals surface area contributed by atoms with Gasteiger partial charge in [-0.1, -0.05) is 72.0 Å². The number of thioether (sulfide) groups is 1. The Morgan fingerprint density at radius 1 is 0.660 bits per heavy atom. The number of methoxy groups -OCH3 is 2. The lowest BCUT2D eigenvalue weighted by Crippen LogP contribution is -2.03. The number of carbonyl (C=O) groups is 2. The van der Waals surface area contributed by atoms with Crippen molar-refractivity contribution < 1.29 is 28.5 Å². The number of hydrogen-bond acceptors (Lipinski definition) is 11. The van der Waals surface area contributed by atoms with Gasteiger partial charge in [0.2, 0.25) is 5.13 Å². The summed E-state index contributed by atoms with van der Waals surface area (Å²) in [6, 6.07) is 38.3. The second-order valence-electron chi connectivity index (χ2n) is 11.0. The number of carbonyl (C=O) groups excluding carboxylic acids is 2. The molecular formula is C39H33N3O6S2. The van der Waals surface area contributed by atoms with Gasteiger partial charge in [0.25, 0.3) is 0 Å². The van der Waals surface area contributed by atoms with Crippen molar-refractivity contribution in [3.05, 3.63) is 149 Å². The van der Waals surface area contributed by atoms with E-state index in [1.165, 1.54) is 25.6 Å². The first-order valence-electron chi connectivity index (χ1n) is 15.6. The van der Waals surface area contributed by atoms with Gasteiger partial charge in [-0.15, -0.1) is 22.0 Å². The Balaban J connectivity index is 1.15. The molecule has 6 aromatic rings. The SMILES string of the molecule is COC(=O)c1ccc(CSc2cccc(Nc3nnc(-c4cc(OCc5ccccc5)cc(OCc5cccc(C(=O)OC)c5)c4)s3)c2)cc1. The van der Waals surface area contributed by atoms with Crippen molar-refractivity contribution in [1.82, 2.24) is 10.2 Å². The molecule has 0 saturated heterocycles. The fraction of sp³-hybridized carbons (Fsp3) is 0.128. The largest absolute Gasteiger partial charge is 0.489 e. The second-order valence-corrected chi connectivity index (χ2v) is 13.0. The summed E-state index contributed by atoms with van der Waals surface area (Å²) in [4.78, 5) is 24.8. The van der Waals surface area contributed by atoms with E-state index in [-0.39, 0.29) is 12.6 Å². The quantitative estimate of drug-likeness (QED) is 0.0872. The predicted molar refractivity (Wildman–Crippen MR) is 195 cm³/mol. The molecule has 252 valence electrons. The average molecular weight is 704 g/mol. The van der Waals surface area contributed by atoms with Crippen LogP contribution in [0.1, 0.15) is 37.4 Å². The predicted octanol–water partition coefficient (Wildman–Crippen LogP) is 8.97. The Labute approximate surface area is 298 Å². The van der Waals surface area contributed by atoms with Gasteiger partial charge in [0.15, 0.2) is 0 Å². The van der Waals surface area contributed by atoms with Crippen molar-refractivity contribution in [1.29, 1.82) is 0 Å². The van der Waals surface area contributed by atoms with Crippen molar-refractivity contribution in [3.8, 4) is 22.1 Å². The van der Waals surface area contributed by atoms with Gasteiger partial charge in [-0.25, -0.2) is 9.59 Å². The number of esters is 2. The van der Waals surface area contributed by atoms with Crippen LogP contribution in [0, 0.1) is 0 Å². The molecular weight excluding hydrogens is 671 g/mol. The zero-order valence-electron chi connectivity index (χ0n) is 27.3. The molecule has 0 radical (unpaired) electrons. The van der Waals surface area contributed by atoms with E-state index < -0.39 is 5.97 Å². The minimum Gasteiger partial charge on any atom is -0.489 e. The zero-order chi connectivity index (χ0) is 34.7. The minimum absolute atomic E-state index is 0.239. The third-order valence-corrected chi connectivity index (χ3v) is 9.37. The Bertz CT molecular complexity index is 2070. The van der Waals surface area contributed by atoms with Crippen LogP contribution in [0.25, 0.3) is 10.6 Å². The lowest BCUT2D eigenvalue weighted by molar-refractivity contribution is 0.0591. The highest BCUT2D eigenvalue weighted by Gasteiger charge is 2.13. The normalized spacial score (nSPS) is 10.7. The summed E-state index contributed by atoms with van der Waals surface area (Å²) in [6.45, 7) is 0.628. The number of benzene rings is 5. The maximum absolute atomic E-state index is 12.0. The number of anilines is 2. The number of nitrogens with zero attached hydrogens (tertiary/aromatic N) is 2. The molecule has 0 unspecified atom stereocenters. The number of aromatic nitrogens is 2. The van der Waals surface area contributed by atoms with Crippen LogP contribution in [0.2, 0.25) is 0 Å². The van der Waals surface area contributed by atoms with Crippen LogP contribution in [-0.2, 0) is 28.4 Å². The lowest BCUT2D eigenvalue weighted by atomic mass is 10.1. The molecule has 0 spiro atoms. The van der Waals surface area contributed by atoms with E-state index in [1.54, 1.807) is 42.1 Å². The van der Waals surface area contributed by atoms with Crippen LogP contribution in [0.3, 0.4) is 0 Å². The van der Waals surface area contributed by atoms with Crippen molar-refractivity contribution in [2.75, 3.05) is 19.5 Å². The Morgan fingerprint density at radius 2 is 1.34 bits per heavy atom.